The van der Waals surface area contributed by atoms with Gasteiger partial charge in [-0.05, 0) is 12.8 Å². The minimum atomic E-state index is -0.584. The van der Waals surface area contributed by atoms with Crippen molar-refractivity contribution in [3.8, 4) is 0 Å². The van der Waals surface area contributed by atoms with Crippen LogP contribution in [0, 0.1) is 5.41 Å². The molecule has 0 heterocycles. The first kappa shape index (κ1) is 7.48. The Morgan fingerprint density at radius 1 is 1.80 bits per heavy atom. The molecule has 0 aromatic rings. The lowest BCUT2D eigenvalue weighted by atomic mass is 9.78. The molecule has 0 spiro atoms. The molecule has 0 aromatic carbocycles. The van der Waals surface area contributed by atoms with Crippen molar-refractivity contribution in [1.29, 1.82) is 0 Å². The highest BCUT2D eigenvalue weighted by molar-refractivity contribution is 5.60. The average molecular weight is 140 g/mol. The van der Waals surface area contributed by atoms with Crippen LogP contribution in [0.5, 0.6) is 0 Å². The van der Waals surface area contributed by atoms with E-state index in [1.165, 1.54) is 0 Å². The van der Waals surface area contributed by atoms with Crippen LogP contribution in [-0.4, -0.2) is 17.5 Å². The van der Waals surface area contributed by atoms with E-state index in [0.29, 0.717) is 0 Å². The van der Waals surface area contributed by atoms with Crippen molar-refractivity contribution in [2.75, 3.05) is 0 Å². The Kier molecular flexibility index (Phi) is 1.90. The van der Waals surface area contributed by atoms with Crippen LogP contribution in [0.3, 0.4) is 0 Å². The molecular weight excluding hydrogens is 128 g/mol. The number of carbonyl (C=O) groups is 1. The molecule has 2 unspecified atom stereocenters. The summed E-state index contributed by atoms with van der Waals surface area (Å²) in [5, 5.41) is 9.31. The predicted molar refractivity (Wildman–Crippen MR) is 38.6 cm³/mol. The summed E-state index contributed by atoms with van der Waals surface area (Å²) >= 11 is 0. The van der Waals surface area contributed by atoms with Crippen molar-refractivity contribution in [3.63, 3.8) is 0 Å². The molecule has 2 heteroatoms. The molecule has 10 heavy (non-hydrogen) atoms. The van der Waals surface area contributed by atoms with Crippen LogP contribution in [-0.2, 0) is 4.79 Å². The Morgan fingerprint density at radius 3 is 2.90 bits per heavy atom. The van der Waals surface area contributed by atoms with Crippen LogP contribution >= 0.6 is 0 Å². The number of rotatable bonds is 1. The molecule has 1 N–H and O–H groups in total. The third-order valence-corrected chi connectivity index (χ3v) is 2.11. The standard InChI is InChI=1S/C8H12O2/c1-8(6-9)5-3-2-4-7(8)10/h2,4,6-7,10H,3,5H2,1H3. The summed E-state index contributed by atoms with van der Waals surface area (Å²) in [5.41, 5.74) is -0.533. The van der Waals surface area contributed by atoms with Crippen LogP contribution in [0.1, 0.15) is 19.8 Å². The Hall–Kier alpha value is -0.630. The summed E-state index contributed by atoms with van der Waals surface area (Å²) in [6.45, 7) is 1.79. The monoisotopic (exact) mass is 140 g/mol. The number of aliphatic hydroxyl groups is 1. The van der Waals surface area contributed by atoms with E-state index < -0.39 is 11.5 Å². The number of hydrogen-bond acceptors (Lipinski definition) is 2. The summed E-state index contributed by atoms with van der Waals surface area (Å²) in [4.78, 5) is 10.5. The van der Waals surface area contributed by atoms with E-state index in [-0.39, 0.29) is 0 Å². The minimum Gasteiger partial charge on any atom is -0.388 e. The molecule has 2 atom stereocenters. The van der Waals surface area contributed by atoms with Crippen molar-refractivity contribution in [3.05, 3.63) is 12.2 Å². The van der Waals surface area contributed by atoms with Crippen molar-refractivity contribution < 1.29 is 9.90 Å². The van der Waals surface area contributed by atoms with E-state index in [9.17, 15) is 9.90 Å². The lowest BCUT2D eigenvalue weighted by Crippen LogP contribution is -2.34. The van der Waals surface area contributed by atoms with Crippen molar-refractivity contribution in [1.82, 2.24) is 0 Å². The number of allylic oxidation sites excluding steroid dienone is 1. The van der Waals surface area contributed by atoms with Gasteiger partial charge in [0.05, 0.1) is 11.5 Å². The molecule has 0 saturated carbocycles. The summed E-state index contributed by atoms with van der Waals surface area (Å²) < 4.78 is 0. The van der Waals surface area contributed by atoms with Crippen LogP contribution in [0.25, 0.3) is 0 Å². The molecule has 56 valence electrons. The Morgan fingerprint density at radius 2 is 2.50 bits per heavy atom. The lowest BCUT2D eigenvalue weighted by Gasteiger charge is -2.29. The maximum absolute atomic E-state index is 10.5. The summed E-state index contributed by atoms with van der Waals surface area (Å²) in [7, 11) is 0. The second-order valence-corrected chi connectivity index (χ2v) is 3.04. The molecule has 2 nitrogen and oxygen atoms in total. The van der Waals surface area contributed by atoms with Crippen LogP contribution in [0.4, 0.5) is 0 Å². The first-order chi connectivity index (χ1) is 4.69. The fraction of sp³-hybridized carbons (Fsp3) is 0.625. The van der Waals surface area contributed by atoms with Gasteiger partial charge in [0.2, 0.25) is 0 Å². The zero-order valence-corrected chi connectivity index (χ0v) is 6.08. The number of aldehydes is 1. The summed E-state index contributed by atoms with van der Waals surface area (Å²) in [6.07, 6.45) is 5.52. The first-order valence-electron chi connectivity index (χ1n) is 3.50. The quantitative estimate of drug-likeness (QED) is 0.434. The smallest absolute Gasteiger partial charge is 0.128 e. The van der Waals surface area contributed by atoms with E-state index in [1.54, 1.807) is 13.0 Å². The normalized spacial score (nSPS) is 39.6. The second kappa shape index (κ2) is 2.54. The Bertz CT molecular complexity index is 163. The van der Waals surface area contributed by atoms with Gasteiger partial charge in [-0.2, -0.15) is 0 Å². The van der Waals surface area contributed by atoms with Gasteiger partial charge in [0.25, 0.3) is 0 Å². The second-order valence-electron chi connectivity index (χ2n) is 3.04. The average Bonchev–Trinajstić information content (AvgIpc) is 1.96. The molecule has 0 bridgehead atoms. The largest absolute Gasteiger partial charge is 0.388 e. The molecule has 0 fully saturated rings. The van der Waals surface area contributed by atoms with Crippen LogP contribution < -0.4 is 0 Å². The highest BCUT2D eigenvalue weighted by Gasteiger charge is 2.32. The van der Waals surface area contributed by atoms with Gasteiger partial charge in [0.1, 0.15) is 6.29 Å². The molecule has 0 radical (unpaired) electrons. The van der Waals surface area contributed by atoms with Gasteiger partial charge in [-0.25, -0.2) is 0 Å². The molecule has 1 aliphatic rings. The molecule has 0 aliphatic heterocycles. The number of hydrogen-bond donors (Lipinski definition) is 1. The van der Waals surface area contributed by atoms with Gasteiger partial charge in [-0.15, -0.1) is 0 Å². The van der Waals surface area contributed by atoms with Gasteiger partial charge < -0.3 is 9.90 Å². The molecule has 0 amide bonds. The molecule has 0 saturated heterocycles. The predicted octanol–water partition coefficient (Wildman–Crippen LogP) is 0.902. The lowest BCUT2D eigenvalue weighted by molar-refractivity contribution is -0.120. The maximum atomic E-state index is 10.5. The van der Waals surface area contributed by atoms with Crippen molar-refractivity contribution in [2.24, 2.45) is 5.41 Å². The molecule has 0 aromatic heterocycles. The van der Waals surface area contributed by atoms with Gasteiger partial charge in [0.15, 0.2) is 0 Å². The van der Waals surface area contributed by atoms with E-state index in [4.69, 9.17) is 0 Å². The molecule has 1 aliphatic carbocycles. The summed E-state index contributed by atoms with van der Waals surface area (Å²) in [6, 6.07) is 0. The van der Waals surface area contributed by atoms with E-state index in [2.05, 4.69) is 0 Å². The highest BCUT2D eigenvalue weighted by atomic mass is 16.3. The Balaban J connectivity index is 2.77. The van der Waals surface area contributed by atoms with Crippen LogP contribution in [0.15, 0.2) is 12.2 Å². The van der Waals surface area contributed by atoms with E-state index >= 15 is 0 Å². The third-order valence-electron chi connectivity index (χ3n) is 2.11. The summed E-state index contributed by atoms with van der Waals surface area (Å²) in [5.74, 6) is 0. The highest BCUT2D eigenvalue weighted by Crippen LogP contribution is 2.29. The van der Waals surface area contributed by atoms with E-state index in [1.807, 2.05) is 6.08 Å². The van der Waals surface area contributed by atoms with E-state index in [0.717, 1.165) is 19.1 Å². The fourth-order valence-corrected chi connectivity index (χ4v) is 1.12. The molecule has 1 rings (SSSR count). The van der Waals surface area contributed by atoms with Crippen molar-refractivity contribution in [2.45, 2.75) is 25.9 Å². The maximum Gasteiger partial charge on any atom is 0.128 e. The topological polar surface area (TPSA) is 37.3 Å². The van der Waals surface area contributed by atoms with Gasteiger partial charge in [-0.1, -0.05) is 19.1 Å². The Labute approximate surface area is 60.6 Å². The molecular formula is C8H12O2. The first-order valence-corrected chi connectivity index (χ1v) is 3.50. The van der Waals surface area contributed by atoms with Gasteiger partial charge >= 0.3 is 0 Å². The number of carbonyl (C=O) groups excluding carboxylic acids is 1. The minimum absolute atomic E-state index is 0.533. The number of aliphatic hydroxyl groups excluding tert-OH is 1. The van der Waals surface area contributed by atoms with Crippen LogP contribution in [0.2, 0.25) is 0 Å². The van der Waals surface area contributed by atoms with Gasteiger partial charge in [-0.3, -0.25) is 0 Å². The third kappa shape index (κ3) is 1.12. The SMILES string of the molecule is CC1(C=O)CCC=CC1O. The van der Waals surface area contributed by atoms with Crippen molar-refractivity contribution >= 4 is 6.29 Å². The zero-order valence-electron chi connectivity index (χ0n) is 6.08. The zero-order chi connectivity index (χ0) is 7.61. The fourth-order valence-electron chi connectivity index (χ4n) is 1.12. The van der Waals surface area contributed by atoms with Gasteiger partial charge in [0, 0.05) is 0 Å².